The van der Waals surface area contributed by atoms with Gasteiger partial charge in [0.25, 0.3) is 0 Å². The minimum atomic E-state index is 0.293. The van der Waals surface area contributed by atoms with Crippen molar-refractivity contribution in [2.24, 2.45) is 0 Å². The van der Waals surface area contributed by atoms with Crippen LogP contribution in [-0.4, -0.2) is 7.11 Å². The molecule has 1 N–H and O–H groups in total. The van der Waals surface area contributed by atoms with Crippen molar-refractivity contribution in [3.63, 3.8) is 0 Å². The fourth-order valence-electron chi connectivity index (χ4n) is 1.88. The van der Waals surface area contributed by atoms with E-state index >= 15 is 0 Å². The highest BCUT2D eigenvalue weighted by molar-refractivity contribution is 6.30. The summed E-state index contributed by atoms with van der Waals surface area (Å²) in [5.74, 6) is 0.883. The molecule has 3 heteroatoms. The molecule has 19 heavy (non-hydrogen) atoms. The Labute approximate surface area is 119 Å². The molecule has 1 atom stereocenters. The Bertz CT molecular complexity index is 507. The summed E-state index contributed by atoms with van der Waals surface area (Å²) in [5, 5.41) is 4.26. The van der Waals surface area contributed by atoms with Crippen molar-refractivity contribution >= 4 is 11.6 Å². The molecule has 2 nitrogen and oxygen atoms in total. The summed E-state index contributed by atoms with van der Waals surface area (Å²) in [4.78, 5) is 0. The highest BCUT2D eigenvalue weighted by Gasteiger charge is 2.04. The standard InChI is InChI=1S/C16H18ClNO/c1-12(14-5-9-16(19-2)10-6-14)18-11-13-3-7-15(17)8-4-13/h3-10,12,18H,11H2,1-2H3. The third-order valence-electron chi connectivity index (χ3n) is 3.14. The number of rotatable bonds is 5. The van der Waals surface area contributed by atoms with E-state index in [1.807, 2.05) is 36.4 Å². The first-order valence-electron chi connectivity index (χ1n) is 6.31. The van der Waals surface area contributed by atoms with Gasteiger partial charge in [0.15, 0.2) is 0 Å². The summed E-state index contributed by atoms with van der Waals surface area (Å²) in [7, 11) is 1.68. The third-order valence-corrected chi connectivity index (χ3v) is 3.39. The second-order valence-corrected chi connectivity index (χ2v) is 4.94. The summed E-state index contributed by atoms with van der Waals surface area (Å²) in [6.45, 7) is 2.97. The summed E-state index contributed by atoms with van der Waals surface area (Å²) in [6.07, 6.45) is 0. The number of methoxy groups -OCH3 is 1. The van der Waals surface area contributed by atoms with Gasteiger partial charge in [0.1, 0.15) is 5.75 Å². The van der Waals surface area contributed by atoms with Gasteiger partial charge in [0, 0.05) is 17.6 Å². The molecule has 0 aliphatic heterocycles. The van der Waals surface area contributed by atoms with Crippen LogP contribution in [0.2, 0.25) is 5.02 Å². The molecule has 0 aliphatic rings. The minimum absolute atomic E-state index is 0.293. The van der Waals surface area contributed by atoms with E-state index in [1.54, 1.807) is 7.11 Å². The molecular formula is C16H18ClNO. The Balaban J connectivity index is 1.93. The van der Waals surface area contributed by atoms with Gasteiger partial charge < -0.3 is 10.1 Å². The minimum Gasteiger partial charge on any atom is -0.497 e. The molecule has 100 valence electrons. The largest absolute Gasteiger partial charge is 0.497 e. The predicted molar refractivity (Wildman–Crippen MR) is 79.7 cm³/mol. The molecule has 2 aromatic rings. The monoisotopic (exact) mass is 275 g/mol. The van der Waals surface area contributed by atoms with E-state index in [1.165, 1.54) is 11.1 Å². The molecular weight excluding hydrogens is 258 g/mol. The predicted octanol–water partition coefficient (Wildman–Crippen LogP) is 4.20. The lowest BCUT2D eigenvalue weighted by Gasteiger charge is -2.14. The first kappa shape index (κ1) is 13.9. The van der Waals surface area contributed by atoms with Crippen molar-refractivity contribution in [2.45, 2.75) is 19.5 Å². The van der Waals surface area contributed by atoms with Gasteiger partial charge in [-0.1, -0.05) is 35.9 Å². The number of ether oxygens (including phenoxy) is 1. The van der Waals surface area contributed by atoms with Crippen LogP contribution in [0, 0.1) is 0 Å². The molecule has 1 unspecified atom stereocenters. The molecule has 0 spiro atoms. The highest BCUT2D eigenvalue weighted by Crippen LogP contribution is 2.18. The second kappa shape index (κ2) is 6.60. The molecule has 0 saturated carbocycles. The summed E-state index contributed by atoms with van der Waals surface area (Å²) in [5.41, 5.74) is 2.47. The molecule has 0 aliphatic carbocycles. The van der Waals surface area contributed by atoms with Crippen molar-refractivity contribution in [3.05, 3.63) is 64.7 Å². The first-order valence-corrected chi connectivity index (χ1v) is 6.68. The highest BCUT2D eigenvalue weighted by atomic mass is 35.5. The van der Waals surface area contributed by atoms with Crippen molar-refractivity contribution in [1.29, 1.82) is 0 Å². The van der Waals surface area contributed by atoms with Crippen LogP contribution < -0.4 is 10.1 Å². The molecule has 0 fully saturated rings. The summed E-state index contributed by atoms with van der Waals surface area (Å²) < 4.78 is 5.16. The van der Waals surface area contributed by atoms with Gasteiger partial charge in [-0.2, -0.15) is 0 Å². The normalized spacial score (nSPS) is 12.2. The van der Waals surface area contributed by atoms with Crippen LogP contribution in [0.1, 0.15) is 24.1 Å². The van der Waals surface area contributed by atoms with Crippen LogP contribution in [0.5, 0.6) is 5.75 Å². The topological polar surface area (TPSA) is 21.3 Å². The molecule has 0 amide bonds. The maximum absolute atomic E-state index is 5.87. The molecule has 2 rings (SSSR count). The Hall–Kier alpha value is -1.51. The summed E-state index contributed by atoms with van der Waals surface area (Å²) >= 11 is 5.87. The van der Waals surface area contributed by atoms with Crippen molar-refractivity contribution in [3.8, 4) is 5.75 Å². The summed E-state index contributed by atoms with van der Waals surface area (Å²) in [6, 6.07) is 16.3. The molecule has 2 aromatic carbocycles. The zero-order valence-corrected chi connectivity index (χ0v) is 11.9. The van der Waals surface area contributed by atoms with Gasteiger partial charge in [-0.05, 0) is 42.3 Å². The van der Waals surface area contributed by atoms with Crippen LogP contribution in [0.4, 0.5) is 0 Å². The third kappa shape index (κ3) is 3.98. The number of hydrogen-bond acceptors (Lipinski definition) is 2. The van der Waals surface area contributed by atoms with E-state index in [-0.39, 0.29) is 0 Å². The average Bonchev–Trinajstić information content (AvgIpc) is 2.46. The lowest BCUT2D eigenvalue weighted by Crippen LogP contribution is -2.17. The quantitative estimate of drug-likeness (QED) is 0.883. The van der Waals surface area contributed by atoms with Crippen LogP contribution in [-0.2, 0) is 6.54 Å². The fraction of sp³-hybridized carbons (Fsp3) is 0.250. The Kier molecular flexibility index (Phi) is 4.83. The van der Waals surface area contributed by atoms with Crippen molar-refractivity contribution in [2.75, 3.05) is 7.11 Å². The van der Waals surface area contributed by atoms with E-state index in [2.05, 4.69) is 24.4 Å². The van der Waals surface area contributed by atoms with Crippen LogP contribution >= 0.6 is 11.6 Å². The van der Waals surface area contributed by atoms with Gasteiger partial charge in [-0.3, -0.25) is 0 Å². The van der Waals surface area contributed by atoms with Crippen LogP contribution in [0.25, 0.3) is 0 Å². The number of nitrogens with one attached hydrogen (secondary N) is 1. The number of benzene rings is 2. The van der Waals surface area contributed by atoms with E-state index < -0.39 is 0 Å². The van der Waals surface area contributed by atoms with Crippen molar-refractivity contribution in [1.82, 2.24) is 5.32 Å². The second-order valence-electron chi connectivity index (χ2n) is 4.50. The molecule has 0 radical (unpaired) electrons. The SMILES string of the molecule is COc1ccc(C(C)NCc2ccc(Cl)cc2)cc1. The molecule has 0 aromatic heterocycles. The number of halogens is 1. The first-order chi connectivity index (χ1) is 9.19. The van der Waals surface area contributed by atoms with Gasteiger partial charge in [-0.25, -0.2) is 0 Å². The van der Waals surface area contributed by atoms with Crippen LogP contribution in [0.3, 0.4) is 0 Å². The fourth-order valence-corrected chi connectivity index (χ4v) is 2.01. The van der Waals surface area contributed by atoms with Gasteiger partial charge in [0.05, 0.1) is 7.11 Å². The lowest BCUT2D eigenvalue weighted by atomic mass is 10.1. The van der Waals surface area contributed by atoms with Gasteiger partial charge in [-0.15, -0.1) is 0 Å². The van der Waals surface area contributed by atoms with E-state index in [0.29, 0.717) is 6.04 Å². The smallest absolute Gasteiger partial charge is 0.118 e. The lowest BCUT2D eigenvalue weighted by molar-refractivity contribution is 0.414. The maximum atomic E-state index is 5.87. The zero-order valence-electron chi connectivity index (χ0n) is 11.2. The molecule has 0 saturated heterocycles. The maximum Gasteiger partial charge on any atom is 0.118 e. The average molecular weight is 276 g/mol. The van der Waals surface area contributed by atoms with Gasteiger partial charge >= 0.3 is 0 Å². The van der Waals surface area contributed by atoms with E-state index in [0.717, 1.165) is 17.3 Å². The number of hydrogen-bond donors (Lipinski definition) is 1. The molecule has 0 bridgehead atoms. The van der Waals surface area contributed by atoms with Gasteiger partial charge in [0.2, 0.25) is 0 Å². The van der Waals surface area contributed by atoms with Crippen molar-refractivity contribution < 1.29 is 4.74 Å². The molecule has 0 heterocycles. The Morgan fingerprint density at radius 2 is 1.68 bits per heavy atom. The van der Waals surface area contributed by atoms with E-state index in [4.69, 9.17) is 16.3 Å². The van der Waals surface area contributed by atoms with Crippen LogP contribution in [0.15, 0.2) is 48.5 Å². The Morgan fingerprint density at radius 3 is 2.26 bits per heavy atom. The zero-order chi connectivity index (χ0) is 13.7. The Morgan fingerprint density at radius 1 is 1.05 bits per heavy atom. The van der Waals surface area contributed by atoms with E-state index in [9.17, 15) is 0 Å².